The molecule has 0 saturated carbocycles. The zero-order chi connectivity index (χ0) is 10.5. The van der Waals surface area contributed by atoms with E-state index in [4.69, 9.17) is 5.73 Å². The Hall–Kier alpha value is -0.130. The van der Waals surface area contributed by atoms with Gasteiger partial charge in [-0.2, -0.15) is 0 Å². The van der Waals surface area contributed by atoms with E-state index < -0.39 is 10.0 Å². The molecule has 0 aromatic heterocycles. The maximum absolute atomic E-state index is 11.3. The van der Waals surface area contributed by atoms with E-state index in [1.165, 1.54) is 0 Å². The zero-order valence-electron chi connectivity index (χ0n) is 8.58. The van der Waals surface area contributed by atoms with Crippen LogP contribution in [-0.2, 0) is 10.0 Å². The molecule has 0 aromatic carbocycles. The van der Waals surface area contributed by atoms with Crippen LogP contribution in [0.15, 0.2) is 0 Å². The zero-order valence-corrected chi connectivity index (χ0v) is 9.39. The van der Waals surface area contributed by atoms with Crippen LogP contribution in [0, 0.1) is 5.92 Å². The second-order valence-corrected chi connectivity index (χ2v) is 5.40. The Bertz CT molecular complexity index is 224. The van der Waals surface area contributed by atoms with Gasteiger partial charge < -0.3 is 5.73 Å². The third-order valence-electron chi connectivity index (χ3n) is 1.86. The highest BCUT2D eigenvalue weighted by molar-refractivity contribution is 7.89. The van der Waals surface area contributed by atoms with Gasteiger partial charge >= 0.3 is 0 Å². The summed E-state index contributed by atoms with van der Waals surface area (Å²) in [5.41, 5.74) is 5.45. The van der Waals surface area contributed by atoms with Crippen LogP contribution in [0.2, 0.25) is 0 Å². The minimum Gasteiger partial charge on any atom is -0.329 e. The van der Waals surface area contributed by atoms with Gasteiger partial charge in [-0.25, -0.2) is 13.1 Å². The molecule has 0 aromatic rings. The van der Waals surface area contributed by atoms with Crippen molar-refractivity contribution in [3.05, 3.63) is 0 Å². The summed E-state index contributed by atoms with van der Waals surface area (Å²) in [4.78, 5) is 0. The van der Waals surface area contributed by atoms with Crippen LogP contribution < -0.4 is 10.5 Å². The average molecular weight is 208 g/mol. The first kappa shape index (κ1) is 12.9. The van der Waals surface area contributed by atoms with Crippen LogP contribution in [0.3, 0.4) is 0 Å². The maximum atomic E-state index is 11.3. The van der Waals surface area contributed by atoms with Gasteiger partial charge in [-0.1, -0.05) is 20.8 Å². The molecule has 0 aliphatic carbocycles. The topological polar surface area (TPSA) is 72.2 Å². The highest BCUT2D eigenvalue weighted by Gasteiger charge is 2.18. The molecular formula is C8H20N2O2S. The third-order valence-corrected chi connectivity index (χ3v) is 3.47. The van der Waals surface area contributed by atoms with Gasteiger partial charge in [0.2, 0.25) is 10.0 Å². The highest BCUT2D eigenvalue weighted by atomic mass is 32.2. The van der Waals surface area contributed by atoms with E-state index in [1.807, 2.05) is 20.8 Å². The average Bonchev–Trinajstić information content (AvgIpc) is 1.99. The lowest BCUT2D eigenvalue weighted by Gasteiger charge is -2.20. The van der Waals surface area contributed by atoms with E-state index in [9.17, 15) is 8.42 Å². The van der Waals surface area contributed by atoms with Gasteiger partial charge in [-0.3, -0.25) is 0 Å². The standard InChI is InChI=1S/C8H20N2O2S/c1-4-5-13(11,12)10-8(6-9)7(2)3/h7-8,10H,4-6,9H2,1-3H3. The molecule has 0 bridgehead atoms. The van der Waals surface area contributed by atoms with Crippen LogP contribution in [0.5, 0.6) is 0 Å². The van der Waals surface area contributed by atoms with E-state index in [0.29, 0.717) is 13.0 Å². The monoisotopic (exact) mass is 208 g/mol. The maximum Gasteiger partial charge on any atom is 0.211 e. The van der Waals surface area contributed by atoms with Crippen molar-refractivity contribution in [2.24, 2.45) is 11.7 Å². The van der Waals surface area contributed by atoms with Gasteiger partial charge in [0.1, 0.15) is 0 Å². The van der Waals surface area contributed by atoms with E-state index in [-0.39, 0.29) is 17.7 Å². The summed E-state index contributed by atoms with van der Waals surface area (Å²) >= 11 is 0. The second-order valence-electron chi connectivity index (χ2n) is 3.52. The van der Waals surface area contributed by atoms with Crippen LogP contribution >= 0.6 is 0 Å². The number of hydrogen-bond acceptors (Lipinski definition) is 3. The van der Waals surface area contributed by atoms with Crippen molar-refractivity contribution in [1.82, 2.24) is 4.72 Å². The molecule has 13 heavy (non-hydrogen) atoms. The third kappa shape index (κ3) is 5.23. The summed E-state index contributed by atoms with van der Waals surface area (Å²) in [6.07, 6.45) is 0.630. The summed E-state index contributed by atoms with van der Waals surface area (Å²) in [6, 6.07) is -0.142. The Morgan fingerprint density at radius 3 is 2.23 bits per heavy atom. The van der Waals surface area contributed by atoms with Gasteiger partial charge in [0.05, 0.1) is 5.75 Å². The lowest BCUT2D eigenvalue weighted by molar-refractivity contribution is 0.454. The van der Waals surface area contributed by atoms with E-state index >= 15 is 0 Å². The molecule has 0 aliphatic heterocycles. The molecule has 5 heteroatoms. The molecule has 0 saturated heterocycles. The number of rotatable bonds is 6. The van der Waals surface area contributed by atoms with Gasteiger partial charge in [0, 0.05) is 12.6 Å². The lowest BCUT2D eigenvalue weighted by atomic mass is 10.1. The lowest BCUT2D eigenvalue weighted by Crippen LogP contribution is -2.44. The SMILES string of the molecule is CCCS(=O)(=O)NC(CN)C(C)C. The fourth-order valence-corrected chi connectivity index (χ4v) is 2.50. The molecule has 0 amide bonds. The smallest absolute Gasteiger partial charge is 0.211 e. The van der Waals surface area contributed by atoms with E-state index in [1.54, 1.807) is 0 Å². The first-order chi connectivity index (χ1) is 5.93. The molecule has 0 aliphatic rings. The van der Waals surface area contributed by atoms with Crippen molar-refractivity contribution < 1.29 is 8.42 Å². The number of nitrogens with one attached hydrogen (secondary N) is 1. The van der Waals surface area contributed by atoms with Crippen LogP contribution in [0.25, 0.3) is 0 Å². The minimum absolute atomic E-state index is 0.142. The Kier molecular flexibility index (Phi) is 5.51. The molecule has 80 valence electrons. The quantitative estimate of drug-likeness (QED) is 0.659. The largest absolute Gasteiger partial charge is 0.329 e. The van der Waals surface area contributed by atoms with Crippen LogP contribution in [-0.4, -0.2) is 26.8 Å². The number of nitrogens with two attached hydrogens (primary N) is 1. The molecule has 3 N–H and O–H groups in total. The summed E-state index contributed by atoms with van der Waals surface area (Å²) in [5, 5.41) is 0. The predicted octanol–water partition coefficient (Wildman–Crippen LogP) is 0.299. The molecule has 0 spiro atoms. The number of hydrogen-bond donors (Lipinski definition) is 2. The Balaban J connectivity index is 4.23. The first-order valence-electron chi connectivity index (χ1n) is 4.63. The van der Waals surface area contributed by atoms with Crippen LogP contribution in [0.4, 0.5) is 0 Å². The Labute approximate surface area is 80.9 Å². The molecule has 1 unspecified atom stereocenters. The van der Waals surface area contributed by atoms with Gasteiger partial charge in [-0.05, 0) is 12.3 Å². The van der Waals surface area contributed by atoms with Gasteiger partial charge in [0.15, 0.2) is 0 Å². The van der Waals surface area contributed by atoms with E-state index in [0.717, 1.165) is 0 Å². The molecule has 0 rings (SSSR count). The molecule has 0 fully saturated rings. The predicted molar refractivity (Wildman–Crippen MR) is 54.9 cm³/mol. The van der Waals surface area contributed by atoms with Crippen molar-refractivity contribution in [3.63, 3.8) is 0 Å². The summed E-state index contributed by atoms with van der Waals surface area (Å²) in [5.74, 6) is 0.410. The second kappa shape index (κ2) is 5.57. The summed E-state index contributed by atoms with van der Waals surface area (Å²) in [6.45, 7) is 6.09. The van der Waals surface area contributed by atoms with Crippen molar-refractivity contribution in [2.45, 2.75) is 33.2 Å². The fourth-order valence-electron chi connectivity index (χ4n) is 1.01. The van der Waals surface area contributed by atoms with Gasteiger partial charge in [0.25, 0.3) is 0 Å². The molecule has 1 atom stereocenters. The fraction of sp³-hybridized carbons (Fsp3) is 1.00. The molecule has 0 heterocycles. The Morgan fingerprint density at radius 1 is 1.38 bits per heavy atom. The van der Waals surface area contributed by atoms with Crippen molar-refractivity contribution in [1.29, 1.82) is 0 Å². The van der Waals surface area contributed by atoms with Crippen LogP contribution in [0.1, 0.15) is 27.2 Å². The number of sulfonamides is 1. The Morgan fingerprint density at radius 2 is 1.92 bits per heavy atom. The van der Waals surface area contributed by atoms with Crippen molar-refractivity contribution in [2.75, 3.05) is 12.3 Å². The highest BCUT2D eigenvalue weighted by Crippen LogP contribution is 2.02. The molecule has 0 radical (unpaired) electrons. The summed E-state index contributed by atoms with van der Waals surface area (Å²) < 4.78 is 25.3. The molecular weight excluding hydrogens is 188 g/mol. The minimum atomic E-state index is -3.12. The summed E-state index contributed by atoms with van der Waals surface area (Å²) in [7, 11) is -3.12. The van der Waals surface area contributed by atoms with Crippen molar-refractivity contribution >= 4 is 10.0 Å². The van der Waals surface area contributed by atoms with Crippen molar-refractivity contribution in [3.8, 4) is 0 Å². The normalized spacial score (nSPS) is 14.8. The van der Waals surface area contributed by atoms with Gasteiger partial charge in [-0.15, -0.1) is 0 Å². The molecule has 4 nitrogen and oxygen atoms in total. The first-order valence-corrected chi connectivity index (χ1v) is 6.28. The van der Waals surface area contributed by atoms with E-state index in [2.05, 4.69) is 4.72 Å².